The van der Waals surface area contributed by atoms with Gasteiger partial charge >= 0.3 is 0 Å². The van der Waals surface area contributed by atoms with E-state index in [4.69, 9.17) is 16.3 Å². The maximum Gasteiger partial charge on any atom is 0.261 e. The van der Waals surface area contributed by atoms with Gasteiger partial charge in [-0.2, -0.15) is 0 Å². The summed E-state index contributed by atoms with van der Waals surface area (Å²) in [5, 5.41) is 3.38. The zero-order valence-electron chi connectivity index (χ0n) is 16.8. The molecule has 156 valence electrons. The predicted octanol–water partition coefficient (Wildman–Crippen LogP) is 4.19. The number of carbonyl (C=O) groups excluding carboxylic acids is 2. The first kappa shape index (κ1) is 22.7. The highest BCUT2D eigenvalue weighted by molar-refractivity contribution is 6.31. The molecule has 2 rings (SSSR count). The number of benzene rings is 2. The Morgan fingerprint density at radius 2 is 1.79 bits per heavy atom. The molecule has 0 aromatic heterocycles. The summed E-state index contributed by atoms with van der Waals surface area (Å²) in [5.74, 6) is -1.29. The van der Waals surface area contributed by atoms with Gasteiger partial charge in [-0.15, -0.1) is 0 Å². The minimum atomic E-state index is -0.753. The van der Waals surface area contributed by atoms with E-state index in [1.165, 1.54) is 23.1 Å². The summed E-state index contributed by atoms with van der Waals surface area (Å²) in [6.07, 6.45) is 0.771. The van der Waals surface area contributed by atoms with E-state index >= 15 is 0 Å². The molecule has 0 spiro atoms. The second kappa shape index (κ2) is 10.8. The number of para-hydroxylation sites is 1. The van der Waals surface area contributed by atoms with Crippen molar-refractivity contribution in [2.75, 3.05) is 6.61 Å². The van der Waals surface area contributed by atoms with Crippen LogP contribution in [-0.2, 0) is 16.1 Å². The first-order valence-electron chi connectivity index (χ1n) is 9.54. The van der Waals surface area contributed by atoms with Crippen LogP contribution < -0.4 is 10.1 Å². The molecule has 0 bridgehead atoms. The Morgan fingerprint density at radius 1 is 1.14 bits per heavy atom. The number of rotatable bonds is 9. The van der Waals surface area contributed by atoms with Crippen molar-refractivity contribution in [2.24, 2.45) is 0 Å². The number of amides is 2. The molecule has 0 aliphatic rings. The van der Waals surface area contributed by atoms with Gasteiger partial charge in [-0.05, 0) is 44.0 Å². The summed E-state index contributed by atoms with van der Waals surface area (Å²) < 4.78 is 19.1. The fraction of sp³-hybridized carbons (Fsp3) is 0.364. The van der Waals surface area contributed by atoms with Crippen molar-refractivity contribution in [1.29, 1.82) is 0 Å². The highest BCUT2D eigenvalue weighted by Gasteiger charge is 2.27. The molecule has 2 aromatic carbocycles. The van der Waals surface area contributed by atoms with Crippen molar-refractivity contribution in [1.82, 2.24) is 10.2 Å². The van der Waals surface area contributed by atoms with Crippen LogP contribution in [-0.4, -0.2) is 35.4 Å². The normalized spacial score (nSPS) is 12.7. The summed E-state index contributed by atoms with van der Waals surface area (Å²) in [6.45, 7) is 5.24. The summed E-state index contributed by atoms with van der Waals surface area (Å²) >= 11 is 6.24. The number of halogens is 2. The topological polar surface area (TPSA) is 58.6 Å². The average molecular weight is 421 g/mol. The van der Waals surface area contributed by atoms with Crippen LogP contribution in [0.5, 0.6) is 5.75 Å². The summed E-state index contributed by atoms with van der Waals surface area (Å²) in [7, 11) is 0. The van der Waals surface area contributed by atoms with Crippen molar-refractivity contribution in [3.8, 4) is 5.75 Å². The first-order chi connectivity index (χ1) is 13.8. The van der Waals surface area contributed by atoms with Gasteiger partial charge in [0.25, 0.3) is 5.91 Å². The van der Waals surface area contributed by atoms with Gasteiger partial charge in [0, 0.05) is 17.6 Å². The molecule has 2 amide bonds. The van der Waals surface area contributed by atoms with Crippen LogP contribution in [0, 0.1) is 5.82 Å². The molecule has 0 heterocycles. The largest absolute Gasteiger partial charge is 0.481 e. The van der Waals surface area contributed by atoms with Gasteiger partial charge in [0.05, 0.1) is 0 Å². The third kappa shape index (κ3) is 6.46. The molecule has 0 saturated carbocycles. The molecule has 0 radical (unpaired) electrons. The number of ether oxygens (including phenoxy) is 1. The lowest BCUT2D eigenvalue weighted by molar-refractivity contribution is -0.142. The van der Waals surface area contributed by atoms with Crippen LogP contribution in [0.3, 0.4) is 0 Å². The highest BCUT2D eigenvalue weighted by Crippen LogP contribution is 2.20. The van der Waals surface area contributed by atoms with Crippen LogP contribution in [0.25, 0.3) is 0 Å². The first-order valence-corrected chi connectivity index (χ1v) is 9.91. The predicted molar refractivity (Wildman–Crippen MR) is 111 cm³/mol. The molecule has 2 atom stereocenters. The van der Waals surface area contributed by atoms with E-state index in [2.05, 4.69) is 5.32 Å². The molecule has 0 fully saturated rings. The average Bonchev–Trinajstić information content (AvgIpc) is 2.71. The fourth-order valence-electron chi connectivity index (χ4n) is 2.64. The zero-order chi connectivity index (χ0) is 21.4. The Morgan fingerprint density at radius 3 is 2.45 bits per heavy atom. The van der Waals surface area contributed by atoms with Gasteiger partial charge in [-0.1, -0.05) is 48.9 Å². The maximum atomic E-state index is 13.8. The van der Waals surface area contributed by atoms with E-state index in [-0.39, 0.29) is 24.2 Å². The monoisotopic (exact) mass is 420 g/mol. The molecule has 0 saturated heterocycles. The lowest BCUT2D eigenvalue weighted by atomic mass is 10.1. The molecule has 5 nitrogen and oxygen atoms in total. The zero-order valence-corrected chi connectivity index (χ0v) is 17.6. The standard InChI is InChI=1S/C22H26ClFN2O3/c1-4-15(2)25-22(28)16(3)26(13-17-9-5-6-10-18(17)23)21(27)14-29-20-12-8-7-11-19(20)24/h5-12,15-16H,4,13-14H2,1-3H3,(H,25,28)/t15-,16-/m0/s1. The second-order valence-electron chi connectivity index (χ2n) is 6.83. The van der Waals surface area contributed by atoms with E-state index in [1.54, 1.807) is 31.2 Å². The minimum Gasteiger partial charge on any atom is -0.481 e. The number of carbonyl (C=O) groups is 2. The molecule has 0 unspecified atom stereocenters. The summed E-state index contributed by atoms with van der Waals surface area (Å²) in [4.78, 5) is 26.9. The SMILES string of the molecule is CC[C@H](C)NC(=O)[C@H](C)N(Cc1ccccc1Cl)C(=O)COc1ccccc1F. The van der Waals surface area contributed by atoms with Crippen LogP contribution in [0.2, 0.25) is 5.02 Å². The molecule has 0 aliphatic carbocycles. The van der Waals surface area contributed by atoms with E-state index in [9.17, 15) is 14.0 Å². The van der Waals surface area contributed by atoms with E-state index in [1.807, 2.05) is 19.9 Å². The van der Waals surface area contributed by atoms with Gasteiger partial charge in [0.15, 0.2) is 18.2 Å². The molecular formula is C22H26ClFN2O3. The van der Waals surface area contributed by atoms with Crippen molar-refractivity contribution >= 4 is 23.4 Å². The van der Waals surface area contributed by atoms with E-state index < -0.39 is 24.4 Å². The number of hydrogen-bond acceptors (Lipinski definition) is 3. The van der Waals surface area contributed by atoms with Gasteiger partial charge < -0.3 is 15.0 Å². The Labute approximate surface area is 175 Å². The fourth-order valence-corrected chi connectivity index (χ4v) is 2.84. The van der Waals surface area contributed by atoms with Gasteiger partial charge in [0.1, 0.15) is 6.04 Å². The van der Waals surface area contributed by atoms with Gasteiger partial charge in [-0.25, -0.2) is 4.39 Å². The Kier molecular flexibility index (Phi) is 8.46. The number of hydrogen-bond donors (Lipinski definition) is 1. The lowest BCUT2D eigenvalue weighted by Gasteiger charge is -2.30. The van der Waals surface area contributed by atoms with Crippen LogP contribution in [0.1, 0.15) is 32.8 Å². The Bertz CT molecular complexity index is 846. The highest BCUT2D eigenvalue weighted by atomic mass is 35.5. The van der Waals surface area contributed by atoms with Crippen LogP contribution >= 0.6 is 11.6 Å². The maximum absolute atomic E-state index is 13.8. The van der Waals surface area contributed by atoms with Crippen LogP contribution in [0.4, 0.5) is 4.39 Å². The second-order valence-corrected chi connectivity index (χ2v) is 7.23. The smallest absolute Gasteiger partial charge is 0.261 e. The molecular weight excluding hydrogens is 395 g/mol. The van der Waals surface area contributed by atoms with Crippen molar-refractivity contribution < 1.29 is 18.7 Å². The molecule has 7 heteroatoms. The van der Waals surface area contributed by atoms with Crippen molar-refractivity contribution in [2.45, 2.75) is 45.8 Å². The molecule has 29 heavy (non-hydrogen) atoms. The molecule has 0 aliphatic heterocycles. The third-order valence-electron chi connectivity index (χ3n) is 4.65. The minimum absolute atomic E-state index is 0.0168. The van der Waals surface area contributed by atoms with Crippen molar-refractivity contribution in [3.63, 3.8) is 0 Å². The van der Waals surface area contributed by atoms with Gasteiger partial charge in [0.2, 0.25) is 5.91 Å². The Hall–Kier alpha value is -2.60. The third-order valence-corrected chi connectivity index (χ3v) is 5.02. The molecule has 1 N–H and O–H groups in total. The molecule has 2 aromatic rings. The quantitative estimate of drug-likeness (QED) is 0.661. The van der Waals surface area contributed by atoms with Crippen molar-refractivity contribution in [3.05, 3.63) is 64.9 Å². The Balaban J connectivity index is 2.18. The summed E-state index contributed by atoms with van der Waals surface area (Å²) in [6, 6.07) is 12.2. The number of nitrogens with one attached hydrogen (secondary N) is 1. The van der Waals surface area contributed by atoms with E-state index in [0.717, 1.165) is 6.42 Å². The number of nitrogens with zero attached hydrogens (tertiary/aromatic N) is 1. The van der Waals surface area contributed by atoms with E-state index in [0.29, 0.717) is 10.6 Å². The van der Waals surface area contributed by atoms with Crippen LogP contribution in [0.15, 0.2) is 48.5 Å². The van der Waals surface area contributed by atoms with Gasteiger partial charge in [-0.3, -0.25) is 9.59 Å². The summed E-state index contributed by atoms with van der Waals surface area (Å²) in [5.41, 5.74) is 0.705. The lowest BCUT2D eigenvalue weighted by Crippen LogP contribution is -2.50.